The molecule has 3 heterocycles. The number of benzene rings is 1. The third-order valence-electron chi connectivity index (χ3n) is 5.14. The minimum atomic E-state index is -4.46. The standard InChI is InChI=1S/C22H21F4N7O2/c1-13-9-17(27-12-18(13)29-15-4-2-3-14(10-15)22(24,25)26)20(34)31-32-21-28-11-16(23)19(30-21)33-5-7-35-8-6-33/h2-4,9-12,29H,5-8H2,1H3,(H,31,34)(H,28,30,32). The molecule has 9 nitrogen and oxygen atoms in total. The largest absolute Gasteiger partial charge is 0.416 e. The Morgan fingerprint density at radius 1 is 1.11 bits per heavy atom. The van der Waals surface area contributed by atoms with Crippen LogP contribution in [0.3, 0.4) is 0 Å². The van der Waals surface area contributed by atoms with E-state index in [9.17, 15) is 22.4 Å². The number of anilines is 4. The van der Waals surface area contributed by atoms with E-state index in [1.54, 1.807) is 11.8 Å². The molecule has 0 saturated carbocycles. The lowest BCUT2D eigenvalue weighted by Crippen LogP contribution is -2.38. The highest BCUT2D eigenvalue weighted by molar-refractivity contribution is 5.93. The van der Waals surface area contributed by atoms with Crippen LogP contribution in [-0.4, -0.2) is 47.2 Å². The first-order valence-electron chi connectivity index (χ1n) is 10.5. The zero-order valence-corrected chi connectivity index (χ0v) is 18.5. The fourth-order valence-corrected chi connectivity index (χ4v) is 3.33. The Kier molecular flexibility index (Phi) is 6.96. The summed E-state index contributed by atoms with van der Waals surface area (Å²) in [5.74, 6) is -1.12. The smallest absolute Gasteiger partial charge is 0.378 e. The van der Waals surface area contributed by atoms with Gasteiger partial charge in [0.1, 0.15) is 5.69 Å². The Labute approximate surface area is 197 Å². The van der Waals surface area contributed by atoms with Crippen molar-refractivity contribution in [2.75, 3.05) is 41.9 Å². The molecule has 1 fully saturated rings. The highest BCUT2D eigenvalue weighted by Crippen LogP contribution is 2.31. The molecule has 35 heavy (non-hydrogen) atoms. The van der Waals surface area contributed by atoms with Gasteiger partial charge in [0, 0.05) is 18.8 Å². The molecule has 1 saturated heterocycles. The SMILES string of the molecule is Cc1cc(C(=O)NNc2ncc(F)c(N3CCOCC3)n2)ncc1Nc1cccc(C(F)(F)F)c1. The number of hydrazine groups is 1. The number of rotatable bonds is 6. The highest BCUT2D eigenvalue weighted by Gasteiger charge is 2.30. The van der Waals surface area contributed by atoms with E-state index in [0.717, 1.165) is 18.3 Å². The van der Waals surface area contributed by atoms with Gasteiger partial charge in [0.25, 0.3) is 5.91 Å². The van der Waals surface area contributed by atoms with Gasteiger partial charge < -0.3 is 15.0 Å². The lowest BCUT2D eigenvalue weighted by Gasteiger charge is -2.28. The third-order valence-corrected chi connectivity index (χ3v) is 5.14. The molecule has 3 aromatic rings. The first-order valence-corrected chi connectivity index (χ1v) is 10.5. The maximum Gasteiger partial charge on any atom is 0.416 e. The molecule has 1 amide bonds. The summed E-state index contributed by atoms with van der Waals surface area (Å²) in [6.45, 7) is 3.53. The summed E-state index contributed by atoms with van der Waals surface area (Å²) in [6.07, 6.45) is -2.12. The molecule has 0 spiro atoms. The van der Waals surface area contributed by atoms with Gasteiger partial charge in [0.2, 0.25) is 5.95 Å². The monoisotopic (exact) mass is 491 g/mol. The van der Waals surface area contributed by atoms with Gasteiger partial charge in [0.05, 0.1) is 36.9 Å². The quantitative estimate of drug-likeness (QED) is 0.355. The van der Waals surface area contributed by atoms with Gasteiger partial charge in [-0.3, -0.25) is 15.6 Å². The van der Waals surface area contributed by atoms with Crippen molar-refractivity contribution < 1.29 is 27.1 Å². The predicted octanol–water partition coefficient (Wildman–Crippen LogP) is 3.68. The molecule has 13 heteroatoms. The molecule has 2 aromatic heterocycles. The van der Waals surface area contributed by atoms with Crippen molar-refractivity contribution in [3.05, 3.63) is 65.4 Å². The van der Waals surface area contributed by atoms with E-state index in [1.165, 1.54) is 24.4 Å². The van der Waals surface area contributed by atoms with E-state index in [1.807, 2.05) is 0 Å². The van der Waals surface area contributed by atoms with E-state index in [2.05, 4.69) is 31.1 Å². The third kappa shape index (κ3) is 5.93. The van der Waals surface area contributed by atoms with E-state index in [4.69, 9.17) is 4.74 Å². The Bertz CT molecular complexity index is 1220. The topological polar surface area (TPSA) is 104 Å². The fourth-order valence-electron chi connectivity index (χ4n) is 3.33. The fraction of sp³-hybridized carbons (Fsp3) is 0.273. The first-order chi connectivity index (χ1) is 16.7. The van der Waals surface area contributed by atoms with E-state index >= 15 is 0 Å². The van der Waals surface area contributed by atoms with Crippen molar-refractivity contribution in [2.45, 2.75) is 13.1 Å². The molecular formula is C22H21F4N7O2. The number of hydrogen-bond donors (Lipinski definition) is 3. The molecule has 0 radical (unpaired) electrons. The summed E-state index contributed by atoms with van der Waals surface area (Å²) in [6, 6.07) is 6.22. The average Bonchev–Trinajstić information content (AvgIpc) is 2.85. The van der Waals surface area contributed by atoms with Crippen molar-refractivity contribution >= 4 is 29.0 Å². The average molecular weight is 491 g/mol. The Balaban J connectivity index is 1.41. The number of carbonyl (C=O) groups is 1. The second-order valence-corrected chi connectivity index (χ2v) is 7.63. The van der Waals surface area contributed by atoms with E-state index in [0.29, 0.717) is 37.6 Å². The number of pyridine rings is 1. The van der Waals surface area contributed by atoms with Gasteiger partial charge in [0.15, 0.2) is 11.6 Å². The maximum atomic E-state index is 14.1. The minimum Gasteiger partial charge on any atom is -0.378 e. The van der Waals surface area contributed by atoms with Gasteiger partial charge >= 0.3 is 6.18 Å². The maximum absolute atomic E-state index is 14.1. The number of carbonyl (C=O) groups excluding carboxylic acids is 1. The van der Waals surface area contributed by atoms with Crippen LogP contribution in [0.4, 0.5) is 40.7 Å². The normalized spacial score (nSPS) is 13.9. The predicted molar refractivity (Wildman–Crippen MR) is 120 cm³/mol. The number of aromatic nitrogens is 3. The van der Waals surface area contributed by atoms with Crippen LogP contribution >= 0.6 is 0 Å². The van der Waals surface area contributed by atoms with Gasteiger partial charge in [-0.15, -0.1) is 0 Å². The van der Waals surface area contributed by atoms with Crippen LogP contribution in [0.2, 0.25) is 0 Å². The van der Waals surface area contributed by atoms with Crippen molar-refractivity contribution in [3.8, 4) is 0 Å². The van der Waals surface area contributed by atoms with Crippen LogP contribution in [0, 0.1) is 12.7 Å². The number of aryl methyl sites for hydroxylation is 1. The lowest BCUT2D eigenvalue weighted by atomic mass is 10.1. The molecule has 3 N–H and O–H groups in total. The van der Waals surface area contributed by atoms with Gasteiger partial charge in [-0.2, -0.15) is 18.2 Å². The second kappa shape index (κ2) is 10.1. The van der Waals surface area contributed by atoms with Gasteiger partial charge in [-0.1, -0.05) is 6.07 Å². The molecule has 0 unspecified atom stereocenters. The number of alkyl halides is 3. The summed E-state index contributed by atoms with van der Waals surface area (Å²) in [4.78, 5) is 26.2. The van der Waals surface area contributed by atoms with Crippen molar-refractivity contribution in [1.29, 1.82) is 0 Å². The summed E-state index contributed by atoms with van der Waals surface area (Å²) < 4.78 is 58.2. The zero-order valence-electron chi connectivity index (χ0n) is 18.5. The number of halogens is 4. The molecule has 1 aromatic carbocycles. The molecular weight excluding hydrogens is 470 g/mol. The second-order valence-electron chi connectivity index (χ2n) is 7.63. The van der Waals surface area contributed by atoms with Crippen molar-refractivity contribution in [1.82, 2.24) is 20.4 Å². The zero-order chi connectivity index (χ0) is 25.0. The minimum absolute atomic E-state index is 0.0132. The molecule has 1 aliphatic rings. The number of nitrogens with zero attached hydrogens (tertiary/aromatic N) is 4. The van der Waals surface area contributed by atoms with Gasteiger partial charge in [-0.05, 0) is 36.8 Å². The summed E-state index contributed by atoms with van der Waals surface area (Å²) in [5.41, 5.74) is 5.44. The van der Waals surface area contributed by atoms with Crippen LogP contribution < -0.4 is 21.1 Å². The molecule has 0 atom stereocenters. The molecule has 0 bridgehead atoms. The molecule has 184 valence electrons. The number of ether oxygens (including phenoxy) is 1. The summed E-state index contributed by atoms with van der Waals surface area (Å²) in [5, 5.41) is 2.87. The summed E-state index contributed by atoms with van der Waals surface area (Å²) in [7, 11) is 0. The number of morpholine rings is 1. The van der Waals surface area contributed by atoms with Crippen LogP contribution in [0.5, 0.6) is 0 Å². The Hall–Kier alpha value is -4.00. The first kappa shape index (κ1) is 24.1. The van der Waals surface area contributed by atoms with Crippen LogP contribution in [0.15, 0.2) is 42.7 Å². The highest BCUT2D eigenvalue weighted by atomic mass is 19.4. The molecule has 1 aliphatic heterocycles. The molecule has 0 aliphatic carbocycles. The van der Waals surface area contributed by atoms with Gasteiger partial charge in [-0.25, -0.2) is 14.4 Å². The van der Waals surface area contributed by atoms with Crippen molar-refractivity contribution in [3.63, 3.8) is 0 Å². The number of hydrogen-bond acceptors (Lipinski definition) is 8. The molecule has 4 rings (SSSR count). The van der Waals surface area contributed by atoms with Crippen LogP contribution in [-0.2, 0) is 10.9 Å². The Morgan fingerprint density at radius 3 is 2.60 bits per heavy atom. The lowest BCUT2D eigenvalue weighted by molar-refractivity contribution is -0.137. The van der Waals surface area contributed by atoms with E-state index in [-0.39, 0.29) is 23.1 Å². The summed E-state index contributed by atoms with van der Waals surface area (Å²) >= 11 is 0. The Morgan fingerprint density at radius 2 is 1.89 bits per heavy atom. The van der Waals surface area contributed by atoms with Crippen LogP contribution in [0.25, 0.3) is 0 Å². The van der Waals surface area contributed by atoms with Crippen LogP contribution in [0.1, 0.15) is 21.6 Å². The van der Waals surface area contributed by atoms with Crippen molar-refractivity contribution in [2.24, 2.45) is 0 Å². The number of amides is 1. The van der Waals surface area contributed by atoms with E-state index < -0.39 is 23.5 Å². The number of nitrogens with one attached hydrogen (secondary N) is 3.